The fourth-order valence-electron chi connectivity index (χ4n) is 14.6. The van der Waals surface area contributed by atoms with E-state index < -0.39 is 86.0 Å². The van der Waals surface area contributed by atoms with Gasteiger partial charge < -0.3 is 69.3 Å². The second kappa shape index (κ2) is 14.1. The highest BCUT2D eigenvalue weighted by molar-refractivity contribution is 5.27. The van der Waals surface area contributed by atoms with Crippen LogP contribution in [0.4, 0.5) is 0 Å². The van der Waals surface area contributed by atoms with Gasteiger partial charge in [0, 0.05) is 23.7 Å². The van der Waals surface area contributed by atoms with E-state index in [9.17, 15) is 40.9 Å². The summed E-state index contributed by atoms with van der Waals surface area (Å²) >= 11 is 0. The molecule has 0 radical (unpaired) electrons. The summed E-state index contributed by atoms with van der Waals surface area (Å²) in [5, 5.41) is 86.1. The summed E-state index contributed by atoms with van der Waals surface area (Å²) in [4.78, 5) is 0. The Morgan fingerprint density at radius 3 is 2.05 bits per heavy atom. The van der Waals surface area contributed by atoms with E-state index >= 15 is 0 Å². The molecule has 4 aliphatic heterocycles. The molecule has 4 saturated carbocycles. The van der Waals surface area contributed by atoms with Crippen LogP contribution >= 0.6 is 0 Å². The van der Waals surface area contributed by atoms with Gasteiger partial charge in [0.15, 0.2) is 18.4 Å². The molecule has 56 heavy (non-hydrogen) atoms. The molecule has 0 aromatic rings. The third-order valence-corrected chi connectivity index (χ3v) is 17.3. The number of allylic oxidation sites excluding steroid dienone is 1. The standard InChI is InChI=1S/C42H68O14/c1-20(2)14-21-17-51-42-18-41(19-52-42)22(34(42)40(21,7)50)8-9-26-38(5)12-11-27(37(3,4)25(38)10-13-39(26,41)6)55-36-32(49)33(29(46)24(16-44)54-36)56-35-31(48)30(47)28(45)23(15-43)53-35/h14,21-36,43-50H,8-13,15-19H2,1-7H3/t21-,22?,23?,24?,25?,26?,27-,28+,29+,30+,31?,32?,33+,34?,35-,36-,38-,39+,40+,41-,42+/m0/s1. The van der Waals surface area contributed by atoms with Gasteiger partial charge in [0.2, 0.25) is 0 Å². The second-order valence-corrected chi connectivity index (χ2v) is 20.5. The minimum atomic E-state index is -1.75. The molecule has 2 bridgehead atoms. The van der Waals surface area contributed by atoms with Gasteiger partial charge >= 0.3 is 0 Å². The number of aliphatic hydroxyl groups is 8. The maximum Gasteiger partial charge on any atom is 0.187 e. The fourth-order valence-corrected chi connectivity index (χ4v) is 14.6. The van der Waals surface area contributed by atoms with Gasteiger partial charge in [-0.05, 0) is 93.3 Å². The highest BCUT2D eigenvalue weighted by Gasteiger charge is 2.81. The van der Waals surface area contributed by atoms with E-state index in [1.807, 2.05) is 6.92 Å². The van der Waals surface area contributed by atoms with Crippen LogP contribution in [0.3, 0.4) is 0 Å². The molecular weight excluding hydrogens is 728 g/mol. The lowest BCUT2D eigenvalue weighted by molar-refractivity contribution is -0.370. The van der Waals surface area contributed by atoms with Crippen LogP contribution in [-0.4, -0.2) is 146 Å². The topological polar surface area (TPSA) is 217 Å². The predicted molar refractivity (Wildman–Crippen MR) is 198 cm³/mol. The lowest BCUT2D eigenvalue weighted by atomic mass is 9.35. The van der Waals surface area contributed by atoms with Crippen LogP contribution in [0.1, 0.15) is 93.4 Å². The van der Waals surface area contributed by atoms with Gasteiger partial charge in [-0.2, -0.15) is 0 Å². The van der Waals surface area contributed by atoms with Crippen molar-refractivity contribution in [2.75, 3.05) is 26.4 Å². The SMILES string of the molecule is CC(C)=C[C@H]1CO[C@]23C[C@]4(CO2)C(CCC2[C@@]5(C)CC[C@H](O[C@@H]6OC(CO)[C@@H](O)[C@@H](O[C@@H]7OC(CO)[C@@H](O)[C@@H](O)C7O)C6O)C(C)(C)C5CC[C@]24C)C3[C@]1(C)O. The maximum atomic E-state index is 12.3. The van der Waals surface area contributed by atoms with Crippen molar-refractivity contribution in [3.63, 3.8) is 0 Å². The monoisotopic (exact) mass is 796 g/mol. The molecule has 8 aliphatic rings. The van der Waals surface area contributed by atoms with Gasteiger partial charge in [-0.3, -0.25) is 0 Å². The highest BCUT2D eigenvalue weighted by atomic mass is 16.7. The third-order valence-electron chi connectivity index (χ3n) is 17.3. The first-order valence-electron chi connectivity index (χ1n) is 21.1. The molecule has 0 amide bonds. The van der Waals surface area contributed by atoms with Gasteiger partial charge in [-0.25, -0.2) is 0 Å². The minimum Gasteiger partial charge on any atom is -0.394 e. The number of ether oxygens (including phenoxy) is 6. The lowest BCUT2D eigenvalue weighted by Gasteiger charge is -2.70. The smallest absolute Gasteiger partial charge is 0.187 e. The molecule has 4 heterocycles. The van der Waals surface area contributed by atoms with Crippen molar-refractivity contribution in [2.24, 2.45) is 51.2 Å². The van der Waals surface area contributed by atoms with Crippen molar-refractivity contribution in [2.45, 2.75) is 172 Å². The van der Waals surface area contributed by atoms with Crippen molar-refractivity contribution < 1.29 is 69.3 Å². The summed E-state index contributed by atoms with van der Waals surface area (Å²) in [7, 11) is 0. The Labute approximate surface area is 330 Å². The van der Waals surface area contributed by atoms with Crippen LogP contribution < -0.4 is 0 Å². The molecule has 14 nitrogen and oxygen atoms in total. The van der Waals surface area contributed by atoms with E-state index in [4.69, 9.17) is 28.4 Å². The van der Waals surface area contributed by atoms with E-state index in [0.29, 0.717) is 31.5 Å². The Balaban J connectivity index is 1.01. The summed E-state index contributed by atoms with van der Waals surface area (Å²) < 4.78 is 37.5. The van der Waals surface area contributed by atoms with Crippen LogP contribution in [0.25, 0.3) is 0 Å². The Morgan fingerprint density at radius 1 is 0.732 bits per heavy atom. The van der Waals surface area contributed by atoms with Crippen LogP contribution in [0.15, 0.2) is 11.6 Å². The first kappa shape index (κ1) is 41.9. The summed E-state index contributed by atoms with van der Waals surface area (Å²) in [6, 6.07) is 0. The molecule has 0 aromatic heterocycles. The van der Waals surface area contributed by atoms with Gasteiger partial charge in [-0.1, -0.05) is 39.3 Å². The first-order valence-corrected chi connectivity index (χ1v) is 21.1. The molecule has 2 spiro atoms. The number of aliphatic hydroxyl groups excluding tert-OH is 7. The molecule has 8 unspecified atom stereocenters. The van der Waals surface area contributed by atoms with Crippen LogP contribution in [0.2, 0.25) is 0 Å². The number of hydrogen-bond acceptors (Lipinski definition) is 14. The Hall–Kier alpha value is -0.820. The zero-order valence-electron chi connectivity index (χ0n) is 34.1. The van der Waals surface area contributed by atoms with E-state index in [0.717, 1.165) is 38.5 Å². The predicted octanol–water partition coefficient (Wildman–Crippen LogP) is 1.36. The zero-order valence-corrected chi connectivity index (χ0v) is 34.1. The number of rotatable bonds is 7. The first-order chi connectivity index (χ1) is 26.2. The van der Waals surface area contributed by atoms with Crippen molar-refractivity contribution in [1.82, 2.24) is 0 Å². The molecule has 14 heteroatoms. The average Bonchev–Trinajstić information content (AvgIpc) is 3.67. The zero-order chi connectivity index (χ0) is 40.5. The number of hydrogen-bond donors (Lipinski definition) is 8. The lowest BCUT2D eigenvalue weighted by Crippen LogP contribution is -2.68. The summed E-state index contributed by atoms with van der Waals surface area (Å²) in [6.45, 7) is 15.4. The van der Waals surface area contributed by atoms with Crippen LogP contribution in [0, 0.1) is 51.2 Å². The molecule has 8 fully saturated rings. The van der Waals surface area contributed by atoms with Crippen LogP contribution in [0.5, 0.6) is 0 Å². The van der Waals surface area contributed by atoms with E-state index in [2.05, 4.69) is 47.6 Å². The molecular formula is C42H68O14. The van der Waals surface area contributed by atoms with Crippen molar-refractivity contribution in [1.29, 1.82) is 0 Å². The molecule has 8 N–H and O–H groups in total. The second-order valence-electron chi connectivity index (χ2n) is 20.5. The van der Waals surface area contributed by atoms with Gasteiger partial charge in [0.25, 0.3) is 0 Å². The summed E-state index contributed by atoms with van der Waals surface area (Å²) in [6.07, 6.45) is -6.79. The summed E-state index contributed by atoms with van der Waals surface area (Å²) in [5.41, 5.74) is -0.302. The highest BCUT2D eigenvalue weighted by Crippen LogP contribution is 2.80. The van der Waals surface area contributed by atoms with Crippen molar-refractivity contribution in [3.05, 3.63) is 11.6 Å². The largest absolute Gasteiger partial charge is 0.394 e. The molecule has 0 aromatic carbocycles. The molecule has 4 saturated heterocycles. The molecule has 8 rings (SSSR count). The third kappa shape index (κ3) is 5.79. The van der Waals surface area contributed by atoms with Crippen molar-refractivity contribution >= 4 is 0 Å². The van der Waals surface area contributed by atoms with E-state index in [1.165, 1.54) is 5.57 Å². The van der Waals surface area contributed by atoms with Gasteiger partial charge in [0.1, 0.15) is 48.8 Å². The Kier molecular flexibility index (Phi) is 10.6. The fraction of sp³-hybridized carbons (Fsp3) is 0.952. The molecule has 21 atom stereocenters. The average molecular weight is 797 g/mol. The molecule has 320 valence electrons. The van der Waals surface area contributed by atoms with Crippen LogP contribution in [-0.2, 0) is 28.4 Å². The van der Waals surface area contributed by atoms with Gasteiger partial charge in [0.05, 0.1) is 38.1 Å². The normalized spacial score (nSPS) is 57.4. The Morgan fingerprint density at radius 2 is 1.39 bits per heavy atom. The quantitative estimate of drug-likeness (QED) is 0.135. The number of fused-ring (bicyclic) bond motifs is 4. The van der Waals surface area contributed by atoms with E-state index in [-0.39, 0.29) is 45.5 Å². The maximum absolute atomic E-state index is 12.3. The molecule has 4 aliphatic carbocycles. The van der Waals surface area contributed by atoms with Crippen molar-refractivity contribution in [3.8, 4) is 0 Å². The summed E-state index contributed by atoms with van der Waals surface area (Å²) in [5.74, 6) is 0.0262. The minimum absolute atomic E-state index is 0.0284. The van der Waals surface area contributed by atoms with Gasteiger partial charge in [-0.15, -0.1) is 0 Å². The van der Waals surface area contributed by atoms with E-state index in [1.54, 1.807) is 0 Å². The Bertz CT molecular complexity index is 1500.